The van der Waals surface area contributed by atoms with E-state index in [2.05, 4.69) is 16.5 Å². The number of Topliss-reactive ketones (excluding diaryl/α,β-unsaturated/α-hetero) is 1. The van der Waals surface area contributed by atoms with E-state index in [-0.39, 0.29) is 11.3 Å². The number of carbonyl (C=O) groups is 1. The maximum Gasteiger partial charge on any atom is 0.796 e. The highest BCUT2D eigenvalue weighted by Crippen LogP contribution is 2.33. The molecule has 1 aliphatic carbocycles. The summed E-state index contributed by atoms with van der Waals surface area (Å²) >= 11 is 0. The lowest BCUT2D eigenvalue weighted by atomic mass is 9.88. The third kappa shape index (κ3) is 3.54. The molecule has 3 rings (SSSR count). The van der Waals surface area contributed by atoms with E-state index < -0.39 is 13.3 Å². The first kappa shape index (κ1) is 16.0. The second-order valence-electron chi connectivity index (χ2n) is 5.29. The number of allylic oxidation sites excluding steroid dienone is 1. The van der Waals surface area contributed by atoms with Crippen molar-refractivity contribution in [2.24, 2.45) is 0 Å². The monoisotopic (exact) mass is 322 g/mol. The van der Waals surface area contributed by atoms with Crippen LogP contribution in [-0.2, 0) is 15.9 Å². The van der Waals surface area contributed by atoms with Crippen LogP contribution >= 0.6 is 0 Å². The lowest BCUT2D eigenvalue weighted by molar-refractivity contribution is -0.110. The van der Waals surface area contributed by atoms with Crippen molar-refractivity contribution in [3.63, 3.8) is 0 Å². The Morgan fingerprint density at radius 1 is 1.00 bits per heavy atom. The van der Waals surface area contributed by atoms with Crippen molar-refractivity contribution in [1.29, 1.82) is 0 Å². The van der Waals surface area contributed by atoms with E-state index in [0.29, 0.717) is 24.0 Å². The zero-order chi connectivity index (χ0) is 16.9. The molecule has 0 amide bonds. The normalized spacial score (nSPS) is 12.8. The van der Waals surface area contributed by atoms with Crippen LogP contribution in [0.1, 0.15) is 23.1 Å². The van der Waals surface area contributed by atoms with Crippen LogP contribution in [0.5, 0.6) is 0 Å². The highest BCUT2D eigenvalue weighted by Gasteiger charge is 2.29. The van der Waals surface area contributed by atoms with Gasteiger partial charge in [0.15, 0.2) is 0 Å². The van der Waals surface area contributed by atoms with Crippen molar-refractivity contribution in [3.8, 4) is 11.8 Å². The summed E-state index contributed by atoms with van der Waals surface area (Å²) in [5.41, 5.74) is 2.33. The van der Waals surface area contributed by atoms with Crippen LogP contribution in [0.25, 0.3) is 5.76 Å². The second-order valence-corrected chi connectivity index (χ2v) is 5.29. The number of hydrogen-bond acceptors (Lipinski definition) is 2. The van der Waals surface area contributed by atoms with Crippen LogP contribution in [0.2, 0.25) is 0 Å². The Morgan fingerprint density at radius 2 is 1.71 bits per heavy atom. The van der Waals surface area contributed by atoms with Crippen LogP contribution in [0, 0.1) is 11.8 Å². The molecule has 0 saturated carbocycles. The molecule has 0 fully saturated rings. The van der Waals surface area contributed by atoms with Crippen LogP contribution in [-0.4, -0.2) is 13.3 Å². The third-order valence-corrected chi connectivity index (χ3v) is 3.76. The van der Waals surface area contributed by atoms with Crippen LogP contribution < -0.4 is 0 Å². The summed E-state index contributed by atoms with van der Waals surface area (Å²) in [7, 11) is -2.99. The van der Waals surface area contributed by atoms with Crippen LogP contribution in [0.3, 0.4) is 0 Å². The average Bonchev–Trinajstić information content (AvgIpc) is 2.60. The van der Waals surface area contributed by atoms with E-state index in [1.807, 2.05) is 30.3 Å². The van der Waals surface area contributed by atoms with Gasteiger partial charge >= 0.3 is 7.47 Å². The van der Waals surface area contributed by atoms with Crippen molar-refractivity contribution in [1.82, 2.24) is 0 Å². The third-order valence-electron chi connectivity index (χ3n) is 3.76. The molecule has 0 aliphatic heterocycles. The largest absolute Gasteiger partial charge is 0.796 e. The molecule has 2 aromatic rings. The summed E-state index contributed by atoms with van der Waals surface area (Å²) < 4.78 is 30.3. The fraction of sp³-hybridized carbons (Fsp3) is 0.105. The molecule has 24 heavy (non-hydrogen) atoms. The fourth-order valence-corrected chi connectivity index (χ4v) is 2.66. The number of ketones is 1. The summed E-state index contributed by atoms with van der Waals surface area (Å²) in [5.74, 6) is 4.76. The topological polar surface area (TPSA) is 26.3 Å². The Kier molecular flexibility index (Phi) is 4.76. The maximum atomic E-state index is 12.8. The Labute approximate surface area is 139 Å². The van der Waals surface area contributed by atoms with E-state index >= 15 is 0 Å². The molecule has 2 nitrogen and oxygen atoms in total. The number of halogens is 2. The molecular formula is C19H13BF2O2. The summed E-state index contributed by atoms with van der Waals surface area (Å²) in [6.45, 7) is 0. The first-order valence-corrected chi connectivity index (χ1v) is 7.53. The molecule has 5 heteroatoms. The van der Waals surface area contributed by atoms with Gasteiger partial charge in [-0.15, -0.1) is 0 Å². The number of fused-ring (bicyclic) bond motifs is 1. The minimum Gasteiger partial charge on any atom is -0.504 e. The highest BCUT2D eigenvalue weighted by molar-refractivity contribution is 6.36. The molecule has 1 aliphatic rings. The van der Waals surface area contributed by atoms with Gasteiger partial charge in [-0.25, -0.2) is 8.63 Å². The van der Waals surface area contributed by atoms with Crippen LogP contribution in [0.4, 0.5) is 8.63 Å². The standard InChI is InChI=1S/C19H13BF2O2/c21-20(22)24-19-16-9-5-4-8-15(16)11-12-17(19)18(23)13-10-14-6-2-1-3-7-14/h1-9H,11-12H2. The van der Waals surface area contributed by atoms with Gasteiger partial charge in [0.2, 0.25) is 5.78 Å². The molecule has 0 radical (unpaired) electrons. The van der Waals surface area contributed by atoms with Gasteiger partial charge in [-0.2, -0.15) is 0 Å². The average molecular weight is 322 g/mol. The van der Waals surface area contributed by atoms with E-state index in [4.69, 9.17) is 0 Å². The van der Waals surface area contributed by atoms with Gasteiger partial charge in [0, 0.05) is 16.7 Å². The quantitative estimate of drug-likeness (QED) is 0.633. The first-order chi connectivity index (χ1) is 11.6. The smallest absolute Gasteiger partial charge is 0.504 e. The molecule has 2 aromatic carbocycles. The number of rotatable bonds is 3. The molecule has 0 heterocycles. The Bertz CT molecular complexity index is 848. The van der Waals surface area contributed by atoms with Gasteiger partial charge in [0.25, 0.3) is 0 Å². The van der Waals surface area contributed by atoms with Gasteiger partial charge in [0.05, 0.1) is 0 Å². The second kappa shape index (κ2) is 7.14. The van der Waals surface area contributed by atoms with Gasteiger partial charge in [-0.05, 0) is 36.5 Å². The Hall–Kier alpha value is -2.87. The first-order valence-electron chi connectivity index (χ1n) is 7.53. The molecule has 0 saturated heterocycles. The molecule has 0 N–H and O–H groups in total. The van der Waals surface area contributed by atoms with Crippen molar-refractivity contribution >= 4 is 19.0 Å². The molecule has 118 valence electrons. The fourth-order valence-electron chi connectivity index (χ4n) is 2.66. The highest BCUT2D eigenvalue weighted by atomic mass is 19.2. The lowest BCUT2D eigenvalue weighted by Gasteiger charge is -2.21. The van der Waals surface area contributed by atoms with Gasteiger partial charge in [-0.1, -0.05) is 48.4 Å². The summed E-state index contributed by atoms with van der Waals surface area (Å²) in [4.78, 5) is 12.4. The molecule has 0 bridgehead atoms. The molecular weight excluding hydrogens is 309 g/mol. The number of carbonyl (C=O) groups excluding carboxylic acids is 1. The minimum atomic E-state index is -2.99. The zero-order valence-electron chi connectivity index (χ0n) is 12.8. The van der Waals surface area contributed by atoms with E-state index in [9.17, 15) is 13.4 Å². The zero-order valence-corrected chi connectivity index (χ0v) is 12.8. The SMILES string of the molecule is O=C(C#Cc1ccccc1)C1=C(OB(F)F)c2ccccc2CC1. The van der Waals surface area contributed by atoms with E-state index in [0.717, 1.165) is 5.56 Å². The molecule has 0 aromatic heterocycles. The summed E-state index contributed by atoms with van der Waals surface area (Å²) in [5, 5.41) is 0. The maximum absolute atomic E-state index is 12.8. The minimum absolute atomic E-state index is 0.0563. The lowest BCUT2D eigenvalue weighted by Crippen LogP contribution is -2.16. The van der Waals surface area contributed by atoms with Gasteiger partial charge in [-0.3, -0.25) is 4.79 Å². The Balaban J connectivity index is 1.98. The predicted octanol–water partition coefficient (Wildman–Crippen LogP) is 3.91. The van der Waals surface area contributed by atoms with E-state index in [1.165, 1.54) is 0 Å². The van der Waals surface area contributed by atoms with Crippen molar-refractivity contribution < 1.29 is 18.1 Å². The van der Waals surface area contributed by atoms with Crippen molar-refractivity contribution in [2.45, 2.75) is 12.8 Å². The van der Waals surface area contributed by atoms with Crippen molar-refractivity contribution in [2.75, 3.05) is 0 Å². The van der Waals surface area contributed by atoms with Crippen molar-refractivity contribution in [3.05, 3.63) is 76.9 Å². The number of hydrogen-bond donors (Lipinski definition) is 0. The number of aryl methyl sites for hydroxylation is 1. The summed E-state index contributed by atoms with van der Waals surface area (Å²) in [6.07, 6.45) is 0.932. The summed E-state index contributed by atoms with van der Waals surface area (Å²) in [6, 6.07) is 16.1. The molecule has 0 spiro atoms. The molecule has 0 atom stereocenters. The molecule has 0 unspecified atom stereocenters. The predicted molar refractivity (Wildman–Crippen MR) is 89.1 cm³/mol. The van der Waals surface area contributed by atoms with Gasteiger partial charge < -0.3 is 4.65 Å². The Morgan fingerprint density at radius 3 is 2.46 bits per heavy atom. The van der Waals surface area contributed by atoms with Gasteiger partial charge in [0.1, 0.15) is 5.76 Å². The van der Waals surface area contributed by atoms with E-state index in [1.54, 1.807) is 24.3 Å². The number of benzene rings is 2. The van der Waals surface area contributed by atoms with Crippen LogP contribution in [0.15, 0.2) is 60.2 Å².